The molecule has 1 N–H and O–H groups in total. The minimum absolute atomic E-state index is 0.00785. The molecule has 0 spiro atoms. The van der Waals surface area contributed by atoms with Crippen molar-refractivity contribution < 1.29 is 14.5 Å². The summed E-state index contributed by atoms with van der Waals surface area (Å²) >= 11 is 1.88. The number of fused-ring (bicyclic) bond motifs is 2. The number of imide groups is 1. The number of hydrogen-bond donors (Lipinski definition) is 1. The van der Waals surface area contributed by atoms with E-state index in [9.17, 15) is 9.59 Å². The highest BCUT2D eigenvalue weighted by Gasteiger charge is 2.51. The molecule has 4 atom stereocenters. The van der Waals surface area contributed by atoms with Gasteiger partial charge in [-0.3, -0.25) is 9.59 Å². The van der Waals surface area contributed by atoms with Crippen molar-refractivity contribution in [2.24, 2.45) is 17.8 Å². The average molecular weight is 345 g/mol. The number of likely N-dealkylation sites (tertiary alicyclic amines) is 1. The summed E-state index contributed by atoms with van der Waals surface area (Å²) in [7, 11) is 0. The first kappa shape index (κ1) is 15.1. The van der Waals surface area contributed by atoms with E-state index in [4.69, 9.17) is 0 Å². The van der Waals surface area contributed by atoms with Gasteiger partial charge in [-0.25, -0.2) is 4.90 Å². The van der Waals surface area contributed by atoms with Crippen molar-refractivity contribution in [3.63, 3.8) is 0 Å². The Bertz CT molecular complexity index is 657. The van der Waals surface area contributed by atoms with Crippen LogP contribution in [-0.2, 0) is 16.0 Å². The second-order valence-corrected chi connectivity index (χ2v) is 9.03. The van der Waals surface area contributed by atoms with E-state index >= 15 is 0 Å². The van der Waals surface area contributed by atoms with Gasteiger partial charge < -0.3 is 4.90 Å². The maximum Gasteiger partial charge on any atom is 0.237 e. The number of quaternary nitrogens is 1. The summed E-state index contributed by atoms with van der Waals surface area (Å²) in [5.41, 5.74) is 1.50. The highest BCUT2D eigenvalue weighted by atomic mass is 32.1. The van der Waals surface area contributed by atoms with Gasteiger partial charge >= 0.3 is 0 Å². The van der Waals surface area contributed by atoms with E-state index in [-0.39, 0.29) is 23.7 Å². The molecule has 2 aliphatic heterocycles. The Labute approximate surface area is 146 Å². The molecule has 0 radical (unpaired) electrons. The first-order chi connectivity index (χ1) is 11.7. The molecule has 0 bridgehead atoms. The molecule has 2 amide bonds. The zero-order valence-corrected chi connectivity index (χ0v) is 14.8. The van der Waals surface area contributed by atoms with Crippen molar-refractivity contribution in [1.29, 1.82) is 0 Å². The molecule has 2 aliphatic carbocycles. The maximum atomic E-state index is 12.8. The molecular weight excluding hydrogens is 320 g/mol. The maximum absolute atomic E-state index is 12.8. The monoisotopic (exact) mass is 345 g/mol. The van der Waals surface area contributed by atoms with Crippen LogP contribution in [-0.4, -0.2) is 29.9 Å². The Morgan fingerprint density at radius 3 is 2.46 bits per heavy atom. The van der Waals surface area contributed by atoms with E-state index < -0.39 is 0 Å². The second-order valence-electron chi connectivity index (χ2n) is 8.03. The zero-order chi connectivity index (χ0) is 16.3. The van der Waals surface area contributed by atoms with Crippen LogP contribution in [0, 0.1) is 17.8 Å². The molecular formula is C19H25N2O2S+. The van der Waals surface area contributed by atoms with Crippen molar-refractivity contribution in [1.82, 2.24) is 4.90 Å². The SMILES string of the molecule is O=C1[C@H]2CCCC[C@H]2C(=O)N1C[NH+]1CCc2sccc2[C@H]1C1CC1. The molecule has 1 aromatic rings. The fourth-order valence-corrected chi connectivity index (χ4v) is 6.19. The standard InChI is InChI=1S/C19H24N2O2S/c22-18-13-3-1-2-4-14(13)19(23)21(18)11-20-9-7-16-15(8-10-24-16)17(20)12-5-6-12/h8,10,12-14,17H,1-7,9,11H2/p+1/t13-,14+,17-/m1/s1. The van der Waals surface area contributed by atoms with Gasteiger partial charge in [0.05, 0.1) is 18.4 Å². The summed E-state index contributed by atoms with van der Waals surface area (Å²) in [6.45, 7) is 1.65. The van der Waals surface area contributed by atoms with Gasteiger partial charge in [-0.1, -0.05) is 12.8 Å². The lowest BCUT2D eigenvalue weighted by Gasteiger charge is -2.35. The number of nitrogens with one attached hydrogen (secondary N) is 1. The summed E-state index contributed by atoms with van der Waals surface area (Å²) in [6, 6.07) is 2.79. The van der Waals surface area contributed by atoms with Crippen LogP contribution in [0.2, 0.25) is 0 Å². The summed E-state index contributed by atoms with van der Waals surface area (Å²) < 4.78 is 0. The molecule has 1 unspecified atom stereocenters. The fourth-order valence-electron chi connectivity index (χ4n) is 5.26. The number of hydrogen-bond acceptors (Lipinski definition) is 3. The number of nitrogens with zero attached hydrogens (tertiary/aromatic N) is 1. The van der Waals surface area contributed by atoms with Crippen molar-refractivity contribution >= 4 is 23.2 Å². The Kier molecular flexibility index (Phi) is 3.56. The van der Waals surface area contributed by atoms with Gasteiger partial charge in [-0.05, 0) is 37.1 Å². The molecule has 0 aromatic carbocycles. The molecule has 1 saturated heterocycles. The van der Waals surface area contributed by atoms with Crippen molar-refractivity contribution in [3.8, 4) is 0 Å². The zero-order valence-electron chi connectivity index (χ0n) is 14.0. The summed E-state index contributed by atoms with van der Waals surface area (Å²) in [5.74, 6) is 0.993. The third-order valence-electron chi connectivity index (χ3n) is 6.61. The van der Waals surface area contributed by atoms with Gasteiger partial charge in [0.1, 0.15) is 6.04 Å². The van der Waals surface area contributed by atoms with E-state index in [1.807, 2.05) is 11.3 Å². The van der Waals surface area contributed by atoms with Gasteiger partial charge in [0.15, 0.2) is 6.67 Å². The molecule has 3 fully saturated rings. The Morgan fingerprint density at radius 2 is 1.79 bits per heavy atom. The first-order valence-electron chi connectivity index (χ1n) is 9.50. The Hall–Kier alpha value is -1.20. The number of thiophene rings is 1. The Balaban J connectivity index is 1.39. The summed E-state index contributed by atoms with van der Waals surface area (Å²) in [5, 5.41) is 2.21. The minimum Gasteiger partial charge on any atom is -0.311 e. The lowest BCUT2D eigenvalue weighted by molar-refractivity contribution is -0.943. The lowest BCUT2D eigenvalue weighted by Crippen LogP contribution is -3.15. The quantitative estimate of drug-likeness (QED) is 0.849. The van der Waals surface area contributed by atoms with Gasteiger partial charge in [-0.15, -0.1) is 11.3 Å². The predicted octanol–water partition coefficient (Wildman–Crippen LogP) is 1.77. The van der Waals surface area contributed by atoms with E-state index in [0.717, 1.165) is 44.6 Å². The summed E-state index contributed by atoms with van der Waals surface area (Å²) in [6.07, 6.45) is 7.74. The molecule has 2 saturated carbocycles. The van der Waals surface area contributed by atoms with Gasteiger partial charge in [0, 0.05) is 22.8 Å². The largest absolute Gasteiger partial charge is 0.311 e. The number of carbonyl (C=O) groups is 2. The molecule has 128 valence electrons. The third-order valence-corrected chi connectivity index (χ3v) is 7.61. The number of rotatable bonds is 3. The van der Waals surface area contributed by atoms with E-state index in [1.165, 1.54) is 28.2 Å². The van der Waals surface area contributed by atoms with Crippen LogP contribution in [0.3, 0.4) is 0 Å². The van der Waals surface area contributed by atoms with E-state index in [1.54, 1.807) is 4.90 Å². The van der Waals surface area contributed by atoms with E-state index in [2.05, 4.69) is 11.4 Å². The lowest BCUT2D eigenvalue weighted by atomic mass is 9.81. The second kappa shape index (κ2) is 5.67. The van der Waals surface area contributed by atoms with Crippen LogP contribution < -0.4 is 4.90 Å². The van der Waals surface area contributed by atoms with Crippen LogP contribution in [0.15, 0.2) is 11.4 Å². The van der Waals surface area contributed by atoms with Crippen LogP contribution >= 0.6 is 11.3 Å². The highest BCUT2D eigenvalue weighted by molar-refractivity contribution is 7.10. The van der Waals surface area contributed by atoms with Crippen LogP contribution in [0.4, 0.5) is 0 Å². The van der Waals surface area contributed by atoms with Crippen molar-refractivity contribution in [3.05, 3.63) is 21.9 Å². The average Bonchev–Trinajstić information content (AvgIpc) is 3.28. The highest BCUT2D eigenvalue weighted by Crippen LogP contribution is 2.43. The molecule has 24 heavy (non-hydrogen) atoms. The molecule has 1 aromatic heterocycles. The third kappa shape index (κ3) is 2.28. The number of amides is 2. The molecule has 5 rings (SSSR count). The van der Waals surface area contributed by atoms with Crippen molar-refractivity contribution in [2.45, 2.75) is 51.0 Å². The predicted molar refractivity (Wildman–Crippen MR) is 91.5 cm³/mol. The van der Waals surface area contributed by atoms with Gasteiger partial charge in [0.25, 0.3) is 0 Å². The molecule has 4 aliphatic rings. The van der Waals surface area contributed by atoms with E-state index in [0.29, 0.717) is 12.7 Å². The normalized spacial score (nSPS) is 35.9. The first-order valence-corrected chi connectivity index (χ1v) is 10.4. The molecule has 3 heterocycles. The van der Waals surface area contributed by atoms with Crippen LogP contribution in [0.25, 0.3) is 0 Å². The van der Waals surface area contributed by atoms with Crippen molar-refractivity contribution in [2.75, 3.05) is 13.2 Å². The topological polar surface area (TPSA) is 41.8 Å². The molecule has 5 heteroatoms. The number of carbonyl (C=O) groups excluding carboxylic acids is 2. The summed E-state index contributed by atoms with van der Waals surface area (Å²) in [4.78, 5) is 30.2. The molecule has 4 nitrogen and oxygen atoms in total. The fraction of sp³-hybridized carbons (Fsp3) is 0.684. The van der Waals surface area contributed by atoms with Crippen LogP contribution in [0.1, 0.15) is 55.0 Å². The van der Waals surface area contributed by atoms with Gasteiger partial charge in [0.2, 0.25) is 11.8 Å². The van der Waals surface area contributed by atoms with Crippen LogP contribution in [0.5, 0.6) is 0 Å². The minimum atomic E-state index is -0.00785. The van der Waals surface area contributed by atoms with Gasteiger partial charge in [-0.2, -0.15) is 0 Å². The Morgan fingerprint density at radius 1 is 1.08 bits per heavy atom. The smallest absolute Gasteiger partial charge is 0.237 e.